The van der Waals surface area contributed by atoms with Crippen molar-refractivity contribution in [2.45, 2.75) is 38.8 Å². The average Bonchev–Trinajstić information content (AvgIpc) is 2.77. The molecule has 18 heavy (non-hydrogen) atoms. The Morgan fingerprint density at radius 3 is 2.89 bits per heavy atom. The van der Waals surface area contributed by atoms with Gasteiger partial charge in [0.15, 0.2) is 0 Å². The fourth-order valence-corrected chi connectivity index (χ4v) is 2.93. The van der Waals surface area contributed by atoms with E-state index in [1.807, 2.05) is 24.3 Å². The van der Waals surface area contributed by atoms with E-state index in [1.54, 1.807) is 0 Å². The molecule has 0 aromatic heterocycles. The molecule has 100 valence electrons. The number of anilines is 1. The van der Waals surface area contributed by atoms with Gasteiger partial charge in [-0.15, -0.1) is 0 Å². The van der Waals surface area contributed by atoms with Crippen LogP contribution >= 0.6 is 0 Å². The number of hydrogen-bond donors (Lipinski definition) is 2. The lowest BCUT2D eigenvalue weighted by molar-refractivity contribution is 0.0939. The van der Waals surface area contributed by atoms with Crippen LogP contribution in [0.4, 0.5) is 5.69 Å². The van der Waals surface area contributed by atoms with E-state index in [-0.39, 0.29) is 0 Å². The van der Waals surface area contributed by atoms with Crippen LogP contribution in [0.2, 0.25) is 0 Å². The normalized spacial score (nSPS) is 22.6. The lowest BCUT2D eigenvalue weighted by Crippen LogP contribution is -2.36. The van der Waals surface area contributed by atoms with Gasteiger partial charge >= 0.3 is 0 Å². The smallest absolute Gasteiger partial charge is 0.0917 e. The zero-order valence-electron chi connectivity index (χ0n) is 11.3. The predicted molar refractivity (Wildman–Crippen MR) is 75.2 cm³/mol. The van der Waals surface area contributed by atoms with Crippen molar-refractivity contribution in [3.8, 4) is 0 Å². The van der Waals surface area contributed by atoms with Crippen molar-refractivity contribution < 1.29 is 5.11 Å². The summed E-state index contributed by atoms with van der Waals surface area (Å²) in [5.41, 5.74) is 7.39. The van der Waals surface area contributed by atoms with Crippen LogP contribution in [-0.4, -0.2) is 29.1 Å². The lowest BCUT2D eigenvalue weighted by atomic mass is 10.0. The van der Waals surface area contributed by atoms with E-state index >= 15 is 0 Å². The fraction of sp³-hybridized carbons (Fsp3) is 0.600. The minimum Gasteiger partial charge on any atom is -0.399 e. The molecule has 0 spiro atoms. The second kappa shape index (κ2) is 5.72. The lowest BCUT2D eigenvalue weighted by Gasteiger charge is -2.29. The highest BCUT2D eigenvalue weighted by atomic mass is 16.3. The largest absolute Gasteiger partial charge is 0.399 e. The summed E-state index contributed by atoms with van der Waals surface area (Å²) in [6.07, 6.45) is 2.06. The number of nitrogen functional groups attached to an aromatic ring is 1. The minimum absolute atomic E-state index is 0.437. The van der Waals surface area contributed by atoms with Gasteiger partial charge in [-0.2, -0.15) is 0 Å². The molecule has 0 aliphatic carbocycles. The summed E-state index contributed by atoms with van der Waals surface area (Å²) in [7, 11) is 0. The number of rotatable bonds is 4. The number of hydrogen-bond acceptors (Lipinski definition) is 3. The number of nitrogens with zero attached hydrogens (tertiary/aromatic N) is 1. The van der Waals surface area contributed by atoms with Gasteiger partial charge in [-0.25, -0.2) is 0 Å². The van der Waals surface area contributed by atoms with Crippen LogP contribution in [0.1, 0.15) is 38.4 Å². The molecule has 1 aromatic rings. The summed E-state index contributed by atoms with van der Waals surface area (Å²) in [6, 6.07) is 8.17. The monoisotopic (exact) mass is 248 g/mol. The highest BCUT2D eigenvalue weighted by Crippen LogP contribution is 2.26. The summed E-state index contributed by atoms with van der Waals surface area (Å²) in [5.74, 6) is 0.653. The van der Waals surface area contributed by atoms with Crippen LogP contribution in [0.5, 0.6) is 0 Å². The van der Waals surface area contributed by atoms with E-state index in [4.69, 9.17) is 5.73 Å². The van der Waals surface area contributed by atoms with E-state index < -0.39 is 6.10 Å². The molecule has 1 aliphatic heterocycles. The van der Waals surface area contributed by atoms with Crippen LogP contribution in [0.3, 0.4) is 0 Å². The van der Waals surface area contributed by atoms with Gasteiger partial charge in [0.2, 0.25) is 0 Å². The first-order valence-electron chi connectivity index (χ1n) is 6.85. The molecule has 0 radical (unpaired) electrons. The Bertz CT molecular complexity index is 392. The van der Waals surface area contributed by atoms with Gasteiger partial charge < -0.3 is 10.8 Å². The van der Waals surface area contributed by atoms with E-state index in [0.29, 0.717) is 24.2 Å². The van der Waals surface area contributed by atoms with Crippen LogP contribution in [0, 0.1) is 5.92 Å². The van der Waals surface area contributed by atoms with Gasteiger partial charge in [0.25, 0.3) is 0 Å². The van der Waals surface area contributed by atoms with Crippen LogP contribution in [0.25, 0.3) is 0 Å². The van der Waals surface area contributed by atoms with Crippen molar-refractivity contribution in [1.29, 1.82) is 0 Å². The third-order valence-electron chi connectivity index (χ3n) is 3.89. The van der Waals surface area contributed by atoms with Crippen molar-refractivity contribution in [1.82, 2.24) is 4.90 Å². The quantitative estimate of drug-likeness (QED) is 0.805. The Kier molecular flexibility index (Phi) is 4.25. The summed E-state index contributed by atoms with van der Waals surface area (Å²) >= 11 is 0. The van der Waals surface area contributed by atoms with Crippen LogP contribution in [0.15, 0.2) is 24.3 Å². The molecule has 0 bridgehead atoms. The molecule has 2 rings (SSSR count). The Morgan fingerprint density at radius 2 is 2.22 bits per heavy atom. The first-order valence-corrected chi connectivity index (χ1v) is 6.85. The first kappa shape index (κ1) is 13.4. The Hall–Kier alpha value is -1.06. The maximum atomic E-state index is 10.3. The SMILES string of the molecule is CC(C)C1CCCN1CC(O)c1cccc(N)c1. The number of likely N-dealkylation sites (tertiary alicyclic amines) is 1. The minimum atomic E-state index is -0.437. The van der Waals surface area contributed by atoms with Crippen molar-refractivity contribution in [3.05, 3.63) is 29.8 Å². The van der Waals surface area contributed by atoms with Crippen molar-refractivity contribution in [2.75, 3.05) is 18.8 Å². The summed E-state index contributed by atoms with van der Waals surface area (Å²) in [5, 5.41) is 10.3. The number of aliphatic hydroxyl groups is 1. The molecule has 3 N–H and O–H groups in total. The van der Waals surface area contributed by atoms with Gasteiger partial charge in [-0.3, -0.25) is 4.90 Å². The number of β-amino-alcohol motifs (C(OH)–C–C–N with tert-alkyl or cyclic N) is 1. The molecular formula is C15H24N2O. The summed E-state index contributed by atoms with van der Waals surface area (Å²) in [4.78, 5) is 2.42. The Balaban J connectivity index is 2.00. The Morgan fingerprint density at radius 1 is 1.44 bits per heavy atom. The Labute approximate surface area is 110 Å². The second-order valence-electron chi connectivity index (χ2n) is 5.63. The van der Waals surface area contributed by atoms with Gasteiger partial charge in [0, 0.05) is 18.3 Å². The van der Waals surface area contributed by atoms with Gasteiger partial charge in [-0.1, -0.05) is 26.0 Å². The fourth-order valence-electron chi connectivity index (χ4n) is 2.93. The summed E-state index contributed by atoms with van der Waals surface area (Å²) < 4.78 is 0. The van der Waals surface area contributed by atoms with E-state index in [2.05, 4.69) is 18.7 Å². The second-order valence-corrected chi connectivity index (χ2v) is 5.63. The zero-order valence-corrected chi connectivity index (χ0v) is 11.3. The molecule has 0 saturated carbocycles. The number of nitrogens with two attached hydrogens (primary N) is 1. The van der Waals surface area contributed by atoms with Crippen molar-refractivity contribution >= 4 is 5.69 Å². The maximum absolute atomic E-state index is 10.3. The maximum Gasteiger partial charge on any atom is 0.0917 e. The molecule has 1 heterocycles. The van der Waals surface area contributed by atoms with E-state index in [1.165, 1.54) is 12.8 Å². The molecule has 2 unspecified atom stereocenters. The third-order valence-corrected chi connectivity index (χ3v) is 3.89. The molecule has 1 aromatic carbocycles. The molecule has 3 heteroatoms. The van der Waals surface area contributed by atoms with E-state index in [9.17, 15) is 5.11 Å². The van der Waals surface area contributed by atoms with Gasteiger partial charge in [-0.05, 0) is 43.0 Å². The number of aliphatic hydroxyl groups excluding tert-OH is 1. The molecular weight excluding hydrogens is 224 g/mol. The molecule has 1 saturated heterocycles. The molecule has 3 nitrogen and oxygen atoms in total. The topological polar surface area (TPSA) is 49.5 Å². The van der Waals surface area contributed by atoms with Crippen molar-refractivity contribution in [3.63, 3.8) is 0 Å². The van der Waals surface area contributed by atoms with Crippen molar-refractivity contribution in [2.24, 2.45) is 5.92 Å². The standard InChI is InChI=1S/C15H24N2O/c1-11(2)14-7-4-8-17(14)10-15(18)12-5-3-6-13(16)9-12/h3,5-6,9,11,14-15,18H,4,7-8,10,16H2,1-2H3. The van der Waals surface area contributed by atoms with Crippen LogP contribution in [-0.2, 0) is 0 Å². The first-order chi connectivity index (χ1) is 8.58. The highest BCUT2D eigenvalue weighted by Gasteiger charge is 2.28. The molecule has 2 atom stereocenters. The molecule has 1 aliphatic rings. The number of benzene rings is 1. The van der Waals surface area contributed by atoms with E-state index in [0.717, 1.165) is 12.1 Å². The highest BCUT2D eigenvalue weighted by molar-refractivity contribution is 5.41. The predicted octanol–water partition coefficient (Wildman–Crippen LogP) is 2.42. The molecule has 0 amide bonds. The van der Waals surface area contributed by atoms with Gasteiger partial charge in [0.1, 0.15) is 0 Å². The zero-order chi connectivity index (χ0) is 13.1. The average molecular weight is 248 g/mol. The molecule has 1 fully saturated rings. The summed E-state index contributed by atoms with van der Waals surface area (Å²) in [6.45, 7) is 6.33. The van der Waals surface area contributed by atoms with Gasteiger partial charge in [0.05, 0.1) is 6.10 Å². The third kappa shape index (κ3) is 3.03. The van der Waals surface area contributed by atoms with Crippen LogP contribution < -0.4 is 5.73 Å².